The molecule has 0 aliphatic carbocycles. The number of hydrogen-bond acceptors (Lipinski definition) is 4. The van der Waals surface area contributed by atoms with Gasteiger partial charge in [0.15, 0.2) is 5.78 Å². The maximum atomic E-state index is 13.4. The van der Waals surface area contributed by atoms with E-state index in [0.717, 1.165) is 31.8 Å². The van der Waals surface area contributed by atoms with E-state index in [1.54, 1.807) is 31.4 Å². The van der Waals surface area contributed by atoms with Gasteiger partial charge in [-0.05, 0) is 30.2 Å². The minimum absolute atomic E-state index is 0.0730. The molecule has 32 heavy (non-hydrogen) atoms. The number of ether oxygens (including phenoxy) is 1. The second-order valence-electron chi connectivity index (χ2n) is 8.01. The molecule has 0 radical (unpaired) electrons. The molecule has 0 aromatic heterocycles. The van der Waals surface area contributed by atoms with Crippen LogP contribution in [0.3, 0.4) is 0 Å². The third-order valence-corrected chi connectivity index (χ3v) is 5.88. The van der Waals surface area contributed by atoms with Crippen LogP contribution in [0.1, 0.15) is 38.3 Å². The third kappa shape index (κ3) is 5.06. The molecule has 3 aromatic rings. The second-order valence-corrected chi connectivity index (χ2v) is 8.01. The standard InChI is InChI=1S/C27H28N2O3/c1-32-23-14-12-21(13-15-23)20-28-16-7-17-29(19-18-28)27(31)25-11-6-5-10-24(25)26(30)22-8-3-2-4-9-22/h2-6,8-15H,7,16-20H2,1H3. The number of carbonyl (C=O) groups is 2. The van der Waals surface area contributed by atoms with Gasteiger partial charge in [-0.15, -0.1) is 0 Å². The Labute approximate surface area is 189 Å². The molecule has 1 fully saturated rings. The predicted octanol–water partition coefficient (Wildman–Crippen LogP) is 4.27. The van der Waals surface area contributed by atoms with Gasteiger partial charge >= 0.3 is 0 Å². The van der Waals surface area contributed by atoms with E-state index < -0.39 is 0 Å². The summed E-state index contributed by atoms with van der Waals surface area (Å²) in [7, 11) is 1.67. The minimum Gasteiger partial charge on any atom is -0.497 e. The summed E-state index contributed by atoms with van der Waals surface area (Å²) in [6.45, 7) is 3.90. The normalized spacial score (nSPS) is 14.6. The Morgan fingerprint density at radius 2 is 1.47 bits per heavy atom. The van der Waals surface area contributed by atoms with Crippen LogP contribution in [0, 0.1) is 0 Å². The average Bonchev–Trinajstić information content (AvgIpc) is 3.10. The molecular formula is C27H28N2O3. The van der Waals surface area contributed by atoms with Crippen LogP contribution < -0.4 is 4.74 Å². The molecule has 0 N–H and O–H groups in total. The van der Waals surface area contributed by atoms with Crippen LogP contribution in [-0.2, 0) is 6.54 Å². The molecule has 1 saturated heterocycles. The molecule has 3 aromatic carbocycles. The Morgan fingerprint density at radius 1 is 0.781 bits per heavy atom. The van der Waals surface area contributed by atoms with Crippen molar-refractivity contribution in [2.75, 3.05) is 33.3 Å². The van der Waals surface area contributed by atoms with Crippen LogP contribution >= 0.6 is 0 Å². The van der Waals surface area contributed by atoms with Crippen molar-refractivity contribution in [2.45, 2.75) is 13.0 Å². The molecule has 1 heterocycles. The number of amides is 1. The number of carbonyl (C=O) groups excluding carboxylic acids is 2. The Bertz CT molecular complexity index is 1060. The Hall–Kier alpha value is -3.44. The molecule has 164 valence electrons. The van der Waals surface area contributed by atoms with Gasteiger partial charge in [-0.25, -0.2) is 0 Å². The van der Waals surface area contributed by atoms with Crippen molar-refractivity contribution in [3.8, 4) is 5.75 Å². The van der Waals surface area contributed by atoms with Crippen molar-refractivity contribution >= 4 is 11.7 Å². The van der Waals surface area contributed by atoms with E-state index >= 15 is 0 Å². The lowest BCUT2D eigenvalue weighted by molar-refractivity contribution is 0.0756. The number of hydrogen-bond donors (Lipinski definition) is 0. The van der Waals surface area contributed by atoms with Gasteiger partial charge in [-0.2, -0.15) is 0 Å². The zero-order chi connectivity index (χ0) is 22.3. The Morgan fingerprint density at radius 3 is 2.19 bits per heavy atom. The highest BCUT2D eigenvalue weighted by molar-refractivity contribution is 6.15. The monoisotopic (exact) mass is 428 g/mol. The highest BCUT2D eigenvalue weighted by Gasteiger charge is 2.24. The molecule has 1 aliphatic rings. The van der Waals surface area contributed by atoms with Crippen molar-refractivity contribution < 1.29 is 14.3 Å². The van der Waals surface area contributed by atoms with Crippen LogP contribution in [-0.4, -0.2) is 54.8 Å². The van der Waals surface area contributed by atoms with Gasteiger partial charge < -0.3 is 9.64 Å². The summed E-state index contributed by atoms with van der Waals surface area (Å²) in [6, 6.07) is 24.4. The number of nitrogens with zero attached hydrogens (tertiary/aromatic N) is 2. The summed E-state index contributed by atoms with van der Waals surface area (Å²) in [6.07, 6.45) is 0.899. The SMILES string of the molecule is COc1ccc(CN2CCCN(C(=O)c3ccccc3C(=O)c3ccccc3)CC2)cc1. The maximum absolute atomic E-state index is 13.4. The molecule has 5 nitrogen and oxygen atoms in total. The van der Waals surface area contributed by atoms with E-state index in [2.05, 4.69) is 17.0 Å². The van der Waals surface area contributed by atoms with Crippen LogP contribution in [0.5, 0.6) is 5.75 Å². The van der Waals surface area contributed by atoms with E-state index in [1.807, 2.05) is 47.4 Å². The van der Waals surface area contributed by atoms with Gasteiger partial charge in [0, 0.05) is 43.9 Å². The fourth-order valence-corrected chi connectivity index (χ4v) is 4.10. The fraction of sp³-hybridized carbons (Fsp3) is 0.259. The molecule has 0 bridgehead atoms. The van der Waals surface area contributed by atoms with Gasteiger partial charge in [0.05, 0.1) is 12.7 Å². The quantitative estimate of drug-likeness (QED) is 0.550. The minimum atomic E-state index is -0.120. The fourth-order valence-electron chi connectivity index (χ4n) is 4.10. The lowest BCUT2D eigenvalue weighted by Crippen LogP contribution is -2.35. The van der Waals surface area contributed by atoms with Gasteiger partial charge in [-0.3, -0.25) is 14.5 Å². The first-order valence-corrected chi connectivity index (χ1v) is 11.0. The molecule has 0 atom stereocenters. The van der Waals surface area contributed by atoms with Crippen molar-refractivity contribution in [3.63, 3.8) is 0 Å². The number of benzene rings is 3. The lowest BCUT2D eigenvalue weighted by atomic mass is 9.97. The third-order valence-electron chi connectivity index (χ3n) is 5.88. The second kappa shape index (κ2) is 10.2. The molecule has 5 heteroatoms. The van der Waals surface area contributed by atoms with Crippen LogP contribution in [0.25, 0.3) is 0 Å². The number of rotatable bonds is 6. The summed E-state index contributed by atoms with van der Waals surface area (Å²) in [5, 5.41) is 0. The van der Waals surface area contributed by atoms with Gasteiger partial charge in [0.2, 0.25) is 0 Å². The zero-order valence-electron chi connectivity index (χ0n) is 18.4. The van der Waals surface area contributed by atoms with Crippen LogP contribution in [0.4, 0.5) is 0 Å². The molecule has 0 saturated carbocycles. The van der Waals surface area contributed by atoms with Crippen LogP contribution in [0.15, 0.2) is 78.9 Å². The molecule has 1 amide bonds. The van der Waals surface area contributed by atoms with E-state index in [4.69, 9.17) is 4.74 Å². The molecule has 0 spiro atoms. The number of ketones is 1. The maximum Gasteiger partial charge on any atom is 0.254 e. The highest BCUT2D eigenvalue weighted by Crippen LogP contribution is 2.19. The van der Waals surface area contributed by atoms with Gasteiger partial charge in [-0.1, -0.05) is 60.7 Å². The van der Waals surface area contributed by atoms with Crippen LogP contribution in [0.2, 0.25) is 0 Å². The first-order valence-electron chi connectivity index (χ1n) is 11.0. The zero-order valence-corrected chi connectivity index (χ0v) is 18.4. The van der Waals surface area contributed by atoms with E-state index in [1.165, 1.54) is 5.56 Å². The van der Waals surface area contributed by atoms with E-state index in [9.17, 15) is 9.59 Å². The average molecular weight is 429 g/mol. The Kier molecular flexibility index (Phi) is 6.97. The van der Waals surface area contributed by atoms with Crippen molar-refractivity contribution in [3.05, 3.63) is 101 Å². The van der Waals surface area contributed by atoms with Crippen molar-refractivity contribution in [1.29, 1.82) is 0 Å². The topological polar surface area (TPSA) is 49.9 Å². The largest absolute Gasteiger partial charge is 0.497 e. The highest BCUT2D eigenvalue weighted by atomic mass is 16.5. The van der Waals surface area contributed by atoms with Crippen molar-refractivity contribution in [1.82, 2.24) is 9.80 Å². The van der Waals surface area contributed by atoms with E-state index in [0.29, 0.717) is 29.8 Å². The smallest absolute Gasteiger partial charge is 0.254 e. The summed E-state index contributed by atoms with van der Waals surface area (Å²) < 4.78 is 5.23. The summed E-state index contributed by atoms with van der Waals surface area (Å²) >= 11 is 0. The molecule has 4 rings (SSSR count). The molecule has 1 aliphatic heterocycles. The summed E-state index contributed by atoms with van der Waals surface area (Å²) in [4.78, 5) is 30.7. The molecule has 0 unspecified atom stereocenters. The predicted molar refractivity (Wildman–Crippen MR) is 125 cm³/mol. The Balaban J connectivity index is 1.45. The van der Waals surface area contributed by atoms with Gasteiger partial charge in [0.25, 0.3) is 5.91 Å². The summed E-state index contributed by atoms with van der Waals surface area (Å²) in [5.74, 6) is 0.659. The first kappa shape index (κ1) is 21.8. The lowest BCUT2D eigenvalue weighted by Gasteiger charge is -2.23. The van der Waals surface area contributed by atoms with E-state index in [-0.39, 0.29) is 11.7 Å². The summed E-state index contributed by atoms with van der Waals surface area (Å²) in [5.41, 5.74) is 2.76. The van der Waals surface area contributed by atoms with Crippen molar-refractivity contribution in [2.24, 2.45) is 0 Å². The first-order chi connectivity index (χ1) is 15.7. The van der Waals surface area contributed by atoms with Gasteiger partial charge in [0.1, 0.15) is 5.75 Å². The number of methoxy groups -OCH3 is 1. The molecular weight excluding hydrogens is 400 g/mol.